The van der Waals surface area contributed by atoms with Crippen molar-refractivity contribution in [1.29, 1.82) is 0 Å². The minimum atomic E-state index is -0.305. The Balaban J connectivity index is 1.86. The molecule has 154 valence electrons. The van der Waals surface area contributed by atoms with Gasteiger partial charge in [0, 0.05) is 30.0 Å². The first kappa shape index (κ1) is 21.8. The fourth-order valence-electron chi connectivity index (χ4n) is 3.04. The van der Waals surface area contributed by atoms with Crippen molar-refractivity contribution < 1.29 is 9.26 Å². The molecule has 0 saturated carbocycles. The maximum Gasteiger partial charge on any atom is 0.225 e. The summed E-state index contributed by atoms with van der Waals surface area (Å²) in [4.78, 5) is 0. The van der Waals surface area contributed by atoms with E-state index in [4.69, 9.17) is 44.1 Å². The van der Waals surface area contributed by atoms with Crippen LogP contribution in [0.25, 0.3) is 11.3 Å². The number of anilines is 1. The quantitative estimate of drug-likeness (QED) is 0.294. The van der Waals surface area contributed by atoms with E-state index in [0.29, 0.717) is 34.2 Å². The van der Waals surface area contributed by atoms with Crippen LogP contribution in [-0.4, -0.2) is 24.7 Å². The maximum atomic E-state index is 6.46. The maximum absolute atomic E-state index is 6.46. The molecule has 0 radical (unpaired) electrons. The molecule has 0 aliphatic heterocycles. The minimum Gasteiger partial charge on any atom is -0.490 e. The number of nitrogens with one attached hydrogen (secondary N) is 1. The number of hydrogen-bond donors (Lipinski definition) is 1. The monoisotopic (exact) mass is 452 g/mol. The number of hydrogen-bond acceptors (Lipinski definition) is 4. The summed E-state index contributed by atoms with van der Waals surface area (Å²) in [6.45, 7) is 4.74. The van der Waals surface area contributed by atoms with E-state index >= 15 is 0 Å². The van der Waals surface area contributed by atoms with Gasteiger partial charge in [-0.3, -0.25) is 0 Å². The van der Waals surface area contributed by atoms with E-state index in [1.54, 1.807) is 7.05 Å². The molecule has 29 heavy (non-hydrogen) atoms. The van der Waals surface area contributed by atoms with Crippen molar-refractivity contribution in [1.82, 2.24) is 5.16 Å². The van der Waals surface area contributed by atoms with E-state index in [9.17, 15) is 0 Å². The third-order valence-electron chi connectivity index (χ3n) is 4.90. The molecule has 3 aromatic rings. The van der Waals surface area contributed by atoms with Crippen LogP contribution in [0.15, 0.2) is 47.0 Å². The Bertz CT molecular complexity index is 945. The van der Waals surface area contributed by atoms with Gasteiger partial charge in [0.25, 0.3) is 0 Å². The van der Waals surface area contributed by atoms with Crippen molar-refractivity contribution in [3.8, 4) is 17.0 Å². The van der Waals surface area contributed by atoms with E-state index in [2.05, 4.69) is 36.5 Å². The lowest BCUT2D eigenvalue weighted by atomic mass is 9.78. The average Bonchev–Trinajstić information content (AvgIpc) is 3.19. The Hall–Kier alpha value is -1.88. The lowest BCUT2D eigenvalue weighted by Gasteiger charge is -2.27. The molecule has 0 spiro atoms. The Morgan fingerprint density at radius 2 is 1.69 bits per heavy atom. The summed E-state index contributed by atoms with van der Waals surface area (Å²) in [6.07, 6.45) is 0.731. The molecule has 0 amide bonds. The van der Waals surface area contributed by atoms with Crippen molar-refractivity contribution in [3.63, 3.8) is 0 Å². The first-order valence-corrected chi connectivity index (χ1v) is 10.6. The van der Waals surface area contributed by atoms with Crippen LogP contribution in [-0.2, 0) is 5.41 Å². The largest absolute Gasteiger partial charge is 0.490 e. The highest BCUT2D eigenvalue weighted by atomic mass is 35.5. The van der Waals surface area contributed by atoms with Crippen LogP contribution in [0.1, 0.15) is 31.4 Å². The number of benzene rings is 2. The van der Waals surface area contributed by atoms with Gasteiger partial charge >= 0.3 is 0 Å². The Kier molecular flexibility index (Phi) is 6.99. The summed E-state index contributed by atoms with van der Waals surface area (Å²) in [5, 5.41) is 8.00. The van der Waals surface area contributed by atoms with Gasteiger partial charge in [-0.25, -0.2) is 0 Å². The number of halogens is 3. The second-order valence-corrected chi connectivity index (χ2v) is 8.38. The summed E-state index contributed by atoms with van der Waals surface area (Å²) in [5.74, 6) is 1.66. The third kappa shape index (κ3) is 4.82. The first-order valence-electron chi connectivity index (χ1n) is 9.30. The highest BCUT2D eigenvalue weighted by molar-refractivity contribution is 6.37. The van der Waals surface area contributed by atoms with Gasteiger partial charge in [-0.15, -0.1) is 11.6 Å². The number of aromatic nitrogens is 1. The summed E-state index contributed by atoms with van der Waals surface area (Å²) in [7, 11) is 1.79. The first-order chi connectivity index (χ1) is 13.9. The van der Waals surface area contributed by atoms with Gasteiger partial charge in [-0.1, -0.05) is 66.5 Å². The lowest BCUT2D eigenvalue weighted by molar-refractivity contribution is 0.318. The summed E-state index contributed by atoms with van der Waals surface area (Å²) >= 11 is 18.6. The lowest BCUT2D eigenvalue weighted by Crippen LogP contribution is -2.19. The van der Waals surface area contributed by atoms with Crippen molar-refractivity contribution in [2.75, 3.05) is 24.9 Å². The van der Waals surface area contributed by atoms with E-state index in [-0.39, 0.29) is 5.41 Å². The van der Waals surface area contributed by atoms with E-state index in [0.717, 1.165) is 28.8 Å². The summed E-state index contributed by atoms with van der Waals surface area (Å²) in [6, 6.07) is 13.9. The number of ether oxygens (including phenoxy) is 1. The SMILES string of the molecule is CNc1cc(-c2ccc(C(C)(C)c3cc(Cl)c(OCCCCl)c(Cl)c3)cc2)no1. The van der Waals surface area contributed by atoms with E-state index < -0.39 is 0 Å². The number of nitrogens with zero attached hydrogens (tertiary/aromatic N) is 1. The Labute approximate surface area is 186 Å². The molecule has 3 rings (SSSR count). The molecule has 1 heterocycles. The zero-order chi connectivity index (χ0) is 21.0. The normalized spacial score (nSPS) is 11.5. The Morgan fingerprint density at radius 1 is 1.03 bits per heavy atom. The van der Waals surface area contributed by atoms with Crippen molar-refractivity contribution in [3.05, 3.63) is 63.6 Å². The molecule has 0 aliphatic rings. The number of alkyl halides is 1. The smallest absolute Gasteiger partial charge is 0.225 e. The third-order valence-corrected chi connectivity index (χ3v) is 5.73. The van der Waals surface area contributed by atoms with Gasteiger partial charge in [0.05, 0.1) is 16.7 Å². The van der Waals surface area contributed by atoms with Crippen LogP contribution < -0.4 is 10.1 Å². The van der Waals surface area contributed by atoms with Gasteiger partial charge in [-0.2, -0.15) is 0 Å². The molecule has 0 fully saturated rings. The molecule has 0 saturated heterocycles. The highest BCUT2D eigenvalue weighted by Gasteiger charge is 2.25. The van der Waals surface area contributed by atoms with Gasteiger partial charge < -0.3 is 14.6 Å². The highest BCUT2D eigenvalue weighted by Crippen LogP contribution is 2.40. The van der Waals surface area contributed by atoms with Crippen molar-refractivity contribution >= 4 is 40.7 Å². The standard InChI is InChI=1S/C22H23Cl3N2O2/c1-22(2,16-11-17(24)21(18(25)12-16)28-10-4-9-23)15-7-5-14(6-8-15)19-13-20(26-3)29-27-19/h5-8,11-13,26H,4,9-10H2,1-3H3. The van der Waals surface area contributed by atoms with E-state index in [1.807, 2.05) is 30.3 Å². The predicted molar refractivity (Wildman–Crippen MR) is 121 cm³/mol. The molecule has 0 atom stereocenters. The minimum absolute atomic E-state index is 0.305. The second kappa shape index (κ2) is 9.29. The summed E-state index contributed by atoms with van der Waals surface area (Å²) in [5.41, 5.74) is 3.59. The molecule has 1 N–H and O–H groups in total. The van der Waals surface area contributed by atoms with Gasteiger partial charge in [0.2, 0.25) is 5.88 Å². The predicted octanol–water partition coefficient (Wildman–Crippen LogP) is 7.02. The molecular weight excluding hydrogens is 431 g/mol. The van der Waals surface area contributed by atoms with Crippen LogP contribution in [0.2, 0.25) is 10.0 Å². The molecular formula is C22H23Cl3N2O2. The molecule has 1 aromatic heterocycles. The summed E-state index contributed by atoms with van der Waals surface area (Å²) < 4.78 is 10.9. The topological polar surface area (TPSA) is 47.3 Å². The van der Waals surface area contributed by atoms with Crippen molar-refractivity contribution in [2.45, 2.75) is 25.7 Å². The molecule has 0 aliphatic carbocycles. The molecule has 0 bridgehead atoms. The van der Waals surface area contributed by atoms with Crippen LogP contribution in [0.3, 0.4) is 0 Å². The Morgan fingerprint density at radius 3 is 2.24 bits per heavy atom. The van der Waals surface area contributed by atoms with Gasteiger partial charge in [0.15, 0.2) is 5.75 Å². The van der Waals surface area contributed by atoms with Crippen LogP contribution in [0.4, 0.5) is 5.88 Å². The zero-order valence-electron chi connectivity index (χ0n) is 16.6. The van der Waals surface area contributed by atoms with Crippen LogP contribution in [0, 0.1) is 0 Å². The molecule has 0 unspecified atom stereocenters. The second-order valence-electron chi connectivity index (χ2n) is 7.19. The zero-order valence-corrected chi connectivity index (χ0v) is 18.8. The van der Waals surface area contributed by atoms with Crippen LogP contribution in [0.5, 0.6) is 5.75 Å². The van der Waals surface area contributed by atoms with E-state index in [1.165, 1.54) is 0 Å². The van der Waals surface area contributed by atoms with Crippen molar-refractivity contribution in [2.24, 2.45) is 0 Å². The van der Waals surface area contributed by atoms with Crippen LogP contribution >= 0.6 is 34.8 Å². The molecule has 2 aromatic carbocycles. The number of rotatable bonds is 8. The fourth-order valence-corrected chi connectivity index (χ4v) is 3.75. The van der Waals surface area contributed by atoms with Gasteiger partial charge in [0.1, 0.15) is 5.69 Å². The van der Waals surface area contributed by atoms with Gasteiger partial charge in [-0.05, 0) is 29.7 Å². The average molecular weight is 454 g/mol. The fraction of sp³-hybridized carbons (Fsp3) is 0.318. The molecule has 7 heteroatoms. The molecule has 4 nitrogen and oxygen atoms in total.